The Morgan fingerprint density at radius 1 is 1.36 bits per heavy atom. The van der Waals surface area contributed by atoms with Crippen LogP contribution in [0.2, 0.25) is 0 Å². The monoisotopic (exact) mass is 492 g/mol. The first-order valence-electron chi connectivity index (χ1n) is 12.2. The van der Waals surface area contributed by atoms with E-state index in [1.807, 2.05) is 51.4 Å². The van der Waals surface area contributed by atoms with E-state index in [-0.39, 0.29) is 18.9 Å². The van der Waals surface area contributed by atoms with Gasteiger partial charge in [-0.2, -0.15) is 10.4 Å². The summed E-state index contributed by atoms with van der Waals surface area (Å²) in [6.07, 6.45) is 3.44. The molecule has 10 heteroatoms. The Morgan fingerprint density at radius 2 is 2.17 bits per heavy atom. The number of benzene rings is 1. The minimum absolute atomic E-state index is 0.223. The number of nitrogens with zero attached hydrogens (tertiary/aromatic N) is 5. The first-order valence-corrected chi connectivity index (χ1v) is 12.2. The third-order valence-electron chi connectivity index (χ3n) is 5.67. The summed E-state index contributed by atoms with van der Waals surface area (Å²) in [7, 11) is 0. The van der Waals surface area contributed by atoms with E-state index in [2.05, 4.69) is 16.4 Å². The second kappa shape index (κ2) is 10.5. The number of nitrogens with one attached hydrogen (secondary N) is 1. The summed E-state index contributed by atoms with van der Waals surface area (Å²) in [6.45, 7) is 9.99. The number of hydrogen-bond donors (Lipinski definition) is 1. The third-order valence-corrected chi connectivity index (χ3v) is 5.67. The summed E-state index contributed by atoms with van der Waals surface area (Å²) in [5.74, 6) is 0.370. The Bertz CT molecular complexity index is 1280. The molecule has 1 amide bonds. The molecule has 36 heavy (non-hydrogen) atoms. The van der Waals surface area contributed by atoms with E-state index in [0.29, 0.717) is 35.1 Å². The van der Waals surface area contributed by atoms with Gasteiger partial charge in [-0.25, -0.2) is 19.4 Å². The second-order valence-corrected chi connectivity index (χ2v) is 9.89. The molecule has 1 aromatic carbocycles. The van der Waals surface area contributed by atoms with Gasteiger partial charge in [0, 0.05) is 12.0 Å². The number of nitriles is 1. The van der Waals surface area contributed by atoms with Gasteiger partial charge in [-0.05, 0) is 59.9 Å². The second-order valence-electron chi connectivity index (χ2n) is 9.89. The first-order chi connectivity index (χ1) is 17.2. The summed E-state index contributed by atoms with van der Waals surface area (Å²) in [6, 6.07) is 7.84. The van der Waals surface area contributed by atoms with E-state index in [1.54, 1.807) is 12.3 Å². The number of carbonyl (C=O) groups excluding carboxylic acids is 1. The van der Waals surface area contributed by atoms with Crippen molar-refractivity contribution in [3.05, 3.63) is 35.7 Å². The van der Waals surface area contributed by atoms with Crippen LogP contribution >= 0.6 is 0 Å². The molecule has 2 unspecified atom stereocenters. The van der Waals surface area contributed by atoms with Crippen molar-refractivity contribution in [2.45, 2.75) is 71.8 Å². The van der Waals surface area contributed by atoms with Crippen LogP contribution in [0.4, 0.5) is 4.79 Å². The van der Waals surface area contributed by atoms with E-state index in [1.165, 1.54) is 0 Å². The maximum Gasteiger partial charge on any atom is 0.407 e. The fourth-order valence-corrected chi connectivity index (χ4v) is 4.07. The molecule has 10 nitrogen and oxygen atoms in total. The van der Waals surface area contributed by atoms with Crippen LogP contribution in [0.25, 0.3) is 22.3 Å². The smallest absolute Gasteiger partial charge is 0.407 e. The fourth-order valence-electron chi connectivity index (χ4n) is 4.07. The summed E-state index contributed by atoms with van der Waals surface area (Å²) in [4.78, 5) is 21.1. The lowest BCUT2D eigenvalue weighted by Gasteiger charge is -2.23. The molecule has 3 heterocycles. The Kier molecular flexibility index (Phi) is 7.40. The van der Waals surface area contributed by atoms with Crippen LogP contribution in [0.3, 0.4) is 0 Å². The number of ether oxygens (including phenoxy) is 3. The van der Waals surface area contributed by atoms with Crippen LogP contribution in [0.15, 0.2) is 24.4 Å². The molecule has 0 saturated carbocycles. The molecule has 0 aliphatic carbocycles. The highest BCUT2D eigenvalue weighted by Crippen LogP contribution is 2.34. The van der Waals surface area contributed by atoms with Gasteiger partial charge in [-0.3, -0.25) is 0 Å². The SMILES string of the molecule is Cc1nc(-c2nn(C3CCCCO3)c3c(C#N)cccc23)cnc1OC(C)CNC(=O)OC(C)(C)C. The van der Waals surface area contributed by atoms with E-state index >= 15 is 0 Å². The van der Waals surface area contributed by atoms with Crippen molar-refractivity contribution in [3.8, 4) is 23.3 Å². The lowest BCUT2D eigenvalue weighted by Crippen LogP contribution is -2.37. The summed E-state index contributed by atoms with van der Waals surface area (Å²) in [5, 5.41) is 18.1. The topological polar surface area (TPSA) is 124 Å². The number of aromatic nitrogens is 4. The van der Waals surface area contributed by atoms with Gasteiger partial charge >= 0.3 is 6.09 Å². The number of rotatable bonds is 6. The number of carbonyl (C=O) groups is 1. The van der Waals surface area contributed by atoms with Crippen LogP contribution in [-0.4, -0.2) is 50.7 Å². The molecule has 4 rings (SSSR count). The van der Waals surface area contributed by atoms with Gasteiger partial charge in [0.05, 0.1) is 23.8 Å². The molecule has 190 valence electrons. The fraction of sp³-hybridized carbons (Fsp3) is 0.500. The average molecular weight is 493 g/mol. The van der Waals surface area contributed by atoms with Crippen molar-refractivity contribution in [1.82, 2.24) is 25.1 Å². The van der Waals surface area contributed by atoms with E-state index in [9.17, 15) is 10.1 Å². The molecule has 0 bridgehead atoms. The van der Waals surface area contributed by atoms with Crippen molar-refractivity contribution in [1.29, 1.82) is 5.26 Å². The third kappa shape index (κ3) is 5.74. The molecule has 1 saturated heterocycles. The number of fused-ring (bicyclic) bond motifs is 1. The van der Waals surface area contributed by atoms with Crippen LogP contribution in [0.1, 0.15) is 64.4 Å². The highest BCUT2D eigenvalue weighted by atomic mass is 16.6. The normalized spacial score (nSPS) is 16.8. The van der Waals surface area contributed by atoms with Crippen molar-refractivity contribution >= 4 is 17.0 Å². The Hall–Kier alpha value is -3.71. The average Bonchev–Trinajstić information content (AvgIpc) is 3.23. The lowest BCUT2D eigenvalue weighted by molar-refractivity contribution is -0.0365. The number of para-hydroxylation sites is 1. The standard InChI is InChI=1S/C26H32N6O4/c1-16(14-29-25(33)36-26(3,4)5)35-24-17(2)30-20(15-28-24)22-19-10-8-9-18(13-27)23(19)32(31-22)21-11-6-7-12-34-21/h8-10,15-16,21H,6-7,11-12,14H2,1-5H3,(H,29,33). The number of alkyl carbamates (subject to hydrolysis) is 1. The number of hydrogen-bond acceptors (Lipinski definition) is 8. The highest BCUT2D eigenvalue weighted by molar-refractivity contribution is 5.95. The summed E-state index contributed by atoms with van der Waals surface area (Å²) >= 11 is 0. The van der Waals surface area contributed by atoms with Gasteiger partial charge in [0.2, 0.25) is 5.88 Å². The molecule has 1 N–H and O–H groups in total. The molecular formula is C26H32N6O4. The molecule has 1 aliphatic heterocycles. The Balaban J connectivity index is 1.56. The van der Waals surface area contributed by atoms with Crippen molar-refractivity contribution in [2.75, 3.05) is 13.2 Å². The van der Waals surface area contributed by atoms with E-state index < -0.39 is 11.7 Å². The Labute approximate surface area is 210 Å². The van der Waals surface area contributed by atoms with Gasteiger partial charge in [-0.1, -0.05) is 12.1 Å². The van der Waals surface area contributed by atoms with E-state index in [4.69, 9.17) is 24.3 Å². The molecule has 0 spiro atoms. The summed E-state index contributed by atoms with van der Waals surface area (Å²) < 4.78 is 18.9. The zero-order valence-corrected chi connectivity index (χ0v) is 21.4. The molecule has 3 aromatic rings. The van der Waals surface area contributed by atoms with E-state index in [0.717, 1.165) is 30.2 Å². The van der Waals surface area contributed by atoms with Crippen LogP contribution < -0.4 is 10.1 Å². The molecule has 1 aliphatic rings. The van der Waals surface area contributed by atoms with Crippen LogP contribution in [-0.2, 0) is 9.47 Å². The van der Waals surface area contributed by atoms with Crippen molar-refractivity contribution in [3.63, 3.8) is 0 Å². The largest absolute Gasteiger partial charge is 0.471 e. The molecule has 0 radical (unpaired) electrons. The predicted octanol–water partition coefficient (Wildman–Crippen LogP) is 4.66. The lowest BCUT2D eigenvalue weighted by atomic mass is 10.1. The Morgan fingerprint density at radius 3 is 2.83 bits per heavy atom. The van der Waals surface area contributed by atoms with Crippen LogP contribution in [0.5, 0.6) is 5.88 Å². The quantitative estimate of drug-likeness (QED) is 0.527. The molecule has 1 fully saturated rings. The predicted molar refractivity (Wildman–Crippen MR) is 133 cm³/mol. The van der Waals surface area contributed by atoms with Gasteiger partial charge in [-0.15, -0.1) is 0 Å². The number of amides is 1. The van der Waals surface area contributed by atoms with Gasteiger partial charge in [0.1, 0.15) is 34.9 Å². The maximum atomic E-state index is 11.9. The van der Waals surface area contributed by atoms with Crippen molar-refractivity contribution < 1.29 is 19.0 Å². The first kappa shape index (κ1) is 25.4. The minimum Gasteiger partial charge on any atom is -0.471 e. The molecule has 2 atom stereocenters. The van der Waals surface area contributed by atoms with Gasteiger partial charge in [0.25, 0.3) is 0 Å². The summed E-state index contributed by atoms with van der Waals surface area (Å²) in [5.41, 5.74) is 2.51. The maximum absolute atomic E-state index is 11.9. The van der Waals surface area contributed by atoms with Crippen molar-refractivity contribution in [2.24, 2.45) is 0 Å². The zero-order chi connectivity index (χ0) is 25.9. The minimum atomic E-state index is -0.569. The highest BCUT2D eigenvalue weighted by Gasteiger charge is 2.24. The number of aryl methyl sites for hydroxylation is 1. The zero-order valence-electron chi connectivity index (χ0n) is 21.4. The van der Waals surface area contributed by atoms with Gasteiger partial charge < -0.3 is 19.5 Å². The molecular weight excluding hydrogens is 460 g/mol. The molecule has 2 aromatic heterocycles. The van der Waals surface area contributed by atoms with Crippen LogP contribution in [0, 0.1) is 18.3 Å². The van der Waals surface area contributed by atoms with Gasteiger partial charge in [0.15, 0.2) is 6.23 Å².